The van der Waals surface area contributed by atoms with Crippen molar-refractivity contribution >= 4 is 17.2 Å². The summed E-state index contributed by atoms with van der Waals surface area (Å²) in [7, 11) is 0. The Kier molecular flexibility index (Phi) is 3.15. The molecular formula is C17H15NO. The van der Waals surface area contributed by atoms with Crippen LogP contribution in [0.15, 0.2) is 60.7 Å². The monoisotopic (exact) mass is 249 g/mol. The summed E-state index contributed by atoms with van der Waals surface area (Å²) >= 11 is 0. The number of allylic oxidation sites excluding steroid dienone is 1. The molecule has 1 aliphatic rings. The molecule has 0 aromatic heterocycles. The number of hydrogen-bond donors (Lipinski definition) is 1. The first-order chi connectivity index (χ1) is 9.34. The average molecular weight is 249 g/mol. The van der Waals surface area contributed by atoms with E-state index in [0.29, 0.717) is 6.42 Å². The highest BCUT2D eigenvalue weighted by molar-refractivity contribution is 6.01. The number of benzene rings is 2. The Morgan fingerprint density at radius 1 is 0.737 bits per heavy atom. The lowest BCUT2D eigenvalue weighted by molar-refractivity contribution is -0.120. The molecule has 0 bridgehead atoms. The van der Waals surface area contributed by atoms with Gasteiger partial charge in [0, 0.05) is 6.42 Å². The van der Waals surface area contributed by atoms with Gasteiger partial charge in [0.15, 0.2) is 0 Å². The first kappa shape index (κ1) is 11.7. The second-order valence-corrected chi connectivity index (χ2v) is 4.63. The number of carbonyl (C=O) groups excluding carboxylic acids is 1. The molecule has 1 heterocycles. The van der Waals surface area contributed by atoms with Crippen LogP contribution in [0, 0.1) is 0 Å². The minimum Gasteiger partial charge on any atom is -0.325 e. The van der Waals surface area contributed by atoms with Crippen molar-refractivity contribution in [2.24, 2.45) is 0 Å². The molecule has 0 unspecified atom stereocenters. The van der Waals surface area contributed by atoms with Gasteiger partial charge >= 0.3 is 0 Å². The highest BCUT2D eigenvalue weighted by atomic mass is 16.1. The van der Waals surface area contributed by atoms with Crippen molar-refractivity contribution in [1.82, 2.24) is 5.32 Å². The molecule has 19 heavy (non-hydrogen) atoms. The third-order valence-corrected chi connectivity index (χ3v) is 3.35. The minimum atomic E-state index is 0.0959. The van der Waals surface area contributed by atoms with Crippen LogP contribution >= 0.6 is 0 Å². The van der Waals surface area contributed by atoms with Crippen molar-refractivity contribution in [3.8, 4) is 0 Å². The van der Waals surface area contributed by atoms with Gasteiger partial charge in [-0.1, -0.05) is 60.7 Å². The Hall–Kier alpha value is -2.35. The van der Waals surface area contributed by atoms with Crippen molar-refractivity contribution in [3.05, 3.63) is 71.8 Å². The normalized spacial score (nSPS) is 15.3. The summed E-state index contributed by atoms with van der Waals surface area (Å²) in [6, 6.07) is 20.3. The molecule has 0 spiro atoms. The van der Waals surface area contributed by atoms with Crippen LogP contribution in [0.1, 0.15) is 24.0 Å². The molecular weight excluding hydrogens is 234 g/mol. The zero-order chi connectivity index (χ0) is 13.1. The summed E-state index contributed by atoms with van der Waals surface area (Å²) in [6.45, 7) is 0. The van der Waals surface area contributed by atoms with Gasteiger partial charge in [-0.25, -0.2) is 0 Å². The van der Waals surface area contributed by atoms with E-state index in [1.807, 2.05) is 48.5 Å². The molecule has 2 aromatic carbocycles. The smallest absolute Gasteiger partial charge is 0.224 e. The maximum Gasteiger partial charge on any atom is 0.224 e. The third kappa shape index (κ3) is 2.43. The minimum absolute atomic E-state index is 0.0959. The van der Waals surface area contributed by atoms with Crippen LogP contribution in [0.2, 0.25) is 0 Å². The highest BCUT2D eigenvalue weighted by Gasteiger charge is 2.19. The van der Waals surface area contributed by atoms with Crippen LogP contribution < -0.4 is 5.32 Å². The van der Waals surface area contributed by atoms with E-state index in [4.69, 9.17) is 0 Å². The van der Waals surface area contributed by atoms with Crippen LogP contribution in [-0.2, 0) is 4.79 Å². The second-order valence-electron chi connectivity index (χ2n) is 4.63. The van der Waals surface area contributed by atoms with Gasteiger partial charge in [-0.05, 0) is 23.1 Å². The van der Waals surface area contributed by atoms with Crippen LogP contribution in [-0.4, -0.2) is 5.91 Å². The molecule has 2 nitrogen and oxygen atoms in total. The van der Waals surface area contributed by atoms with Crippen LogP contribution in [0.3, 0.4) is 0 Å². The first-order valence-electron chi connectivity index (χ1n) is 6.48. The van der Waals surface area contributed by atoms with E-state index in [9.17, 15) is 4.79 Å². The molecule has 0 saturated carbocycles. The van der Waals surface area contributed by atoms with Gasteiger partial charge in [0.1, 0.15) is 0 Å². The Morgan fingerprint density at radius 3 is 1.95 bits per heavy atom. The Bertz CT molecular complexity index is 614. The quantitative estimate of drug-likeness (QED) is 0.867. The van der Waals surface area contributed by atoms with E-state index in [1.165, 1.54) is 11.1 Å². The number of hydrogen-bond acceptors (Lipinski definition) is 1. The zero-order valence-corrected chi connectivity index (χ0v) is 10.6. The molecule has 3 rings (SSSR count). The van der Waals surface area contributed by atoms with E-state index in [0.717, 1.165) is 17.7 Å². The zero-order valence-electron chi connectivity index (χ0n) is 10.6. The summed E-state index contributed by atoms with van der Waals surface area (Å²) in [4.78, 5) is 11.7. The molecule has 2 aromatic rings. The lowest BCUT2D eigenvalue weighted by atomic mass is 9.93. The molecule has 0 aliphatic carbocycles. The molecule has 0 atom stereocenters. The summed E-state index contributed by atoms with van der Waals surface area (Å²) < 4.78 is 0. The SMILES string of the molecule is O=C1CCC(c2ccccc2)=C(c2ccccc2)N1. The van der Waals surface area contributed by atoms with E-state index in [1.54, 1.807) is 0 Å². The van der Waals surface area contributed by atoms with Crippen molar-refractivity contribution in [2.45, 2.75) is 12.8 Å². The number of amides is 1. The molecule has 2 heteroatoms. The van der Waals surface area contributed by atoms with Crippen LogP contribution in [0.4, 0.5) is 0 Å². The van der Waals surface area contributed by atoms with E-state index in [-0.39, 0.29) is 5.91 Å². The van der Waals surface area contributed by atoms with Crippen LogP contribution in [0.25, 0.3) is 11.3 Å². The number of carbonyl (C=O) groups is 1. The van der Waals surface area contributed by atoms with E-state index in [2.05, 4.69) is 17.4 Å². The first-order valence-corrected chi connectivity index (χ1v) is 6.48. The van der Waals surface area contributed by atoms with Crippen molar-refractivity contribution in [2.75, 3.05) is 0 Å². The van der Waals surface area contributed by atoms with Gasteiger partial charge in [-0.2, -0.15) is 0 Å². The number of rotatable bonds is 2. The standard InChI is InChI=1S/C17H15NO/c19-16-12-11-15(13-7-3-1-4-8-13)17(18-16)14-9-5-2-6-10-14/h1-10H,11-12H2,(H,18,19). The molecule has 1 aliphatic heterocycles. The Balaban J connectivity index is 2.13. The molecule has 0 fully saturated rings. The van der Waals surface area contributed by atoms with Gasteiger partial charge in [0.2, 0.25) is 5.91 Å². The molecule has 0 radical (unpaired) electrons. The van der Waals surface area contributed by atoms with Crippen molar-refractivity contribution in [1.29, 1.82) is 0 Å². The van der Waals surface area contributed by atoms with Gasteiger partial charge in [0.05, 0.1) is 5.70 Å². The summed E-state index contributed by atoms with van der Waals surface area (Å²) in [5, 5.41) is 3.02. The average Bonchev–Trinajstić information content (AvgIpc) is 2.49. The van der Waals surface area contributed by atoms with Gasteiger partial charge in [0.25, 0.3) is 0 Å². The predicted molar refractivity (Wildman–Crippen MR) is 77.1 cm³/mol. The third-order valence-electron chi connectivity index (χ3n) is 3.35. The fourth-order valence-electron chi connectivity index (χ4n) is 2.42. The van der Waals surface area contributed by atoms with Gasteiger partial charge in [-0.15, -0.1) is 0 Å². The number of nitrogens with one attached hydrogen (secondary N) is 1. The Morgan fingerprint density at radius 2 is 1.32 bits per heavy atom. The van der Waals surface area contributed by atoms with E-state index < -0.39 is 0 Å². The molecule has 94 valence electrons. The molecule has 1 amide bonds. The summed E-state index contributed by atoms with van der Waals surface area (Å²) in [6.07, 6.45) is 1.35. The van der Waals surface area contributed by atoms with Gasteiger partial charge in [-0.3, -0.25) is 4.79 Å². The summed E-state index contributed by atoms with van der Waals surface area (Å²) in [5.74, 6) is 0.0959. The fourth-order valence-corrected chi connectivity index (χ4v) is 2.42. The van der Waals surface area contributed by atoms with Crippen molar-refractivity contribution in [3.63, 3.8) is 0 Å². The Labute approximate surface area is 112 Å². The largest absolute Gasteiger partial charge is 0.325 e. The second kappa shape index (κ2) is 5.11. The van der Waals surface area contributed by atoms with E-state index >= 15 is 0 Å². The fraction of sp³-hybridized carbons (Fsp3) is 0.118. The predicted octanol–water partition coefficient (Wildman–Crippen LogP) is 3.46. The van der Waals surface area contributed by atoms with Gasteiger partial charge < -0.3 is 5.32 Å². The molecule has 0 saturated heterocycles. The lowest BCUT2D eigenvalue weighted by Gasteiger charge is -2.21. The van der Waals surface area contributed by atoms with Crippen molar-refractivity contribution < 1.29 is 4.79 Å². The van der Waals surface area contributed by atoms with Crippen LogP contribution in [0.5, 0.6) is 0 Å². The summed E-state index contributed by atoms with van der Waals surface area (Å²) in [5.41, 5.74) is 4.41. The maximum atomic E-state index is 11.7. The maximum absolute atomic E-state index is 11.7. The topological polar surface area (TPSA) is 29.1 Å². The highest BCUT2D eigenvalue weighted by Crippen LogP contribution is 2.31. The lowest BCUT2D eigenvalue weighted by Crippen LogP contribution is -2.26. The molecule has 1 N–H and O–H groups in total.